The van der Waals surface area contributed by atoms with Gasteiger partial charge < -0.3 is 0 Å². The highest BCUT2D eigenvalue weighted by atomic mass is 32.2. The highest BCUT2D eigenvalue weighted by molar-refractivity contribution is 8.01. The molecule has 1 aromatic heterocycles. The van der Waals surface area contributed by atoms with Crippen LogP contribution in [0.2, 0.25) is 0 Å². The monoisotopic (exact) mass is 683 g/mol. The predicted molar refractivity (Wildman–Crippen MR) is 182 cm³/mol. The lowest BCUT2D eigenvalue weighted by Gasteiger charge is -2.29. The van der Waals surface area contributed by atoms with Crippen LogP contribution in [0.1, 0.15) is 36.8 Å². The van der Waals surface area contributed by atoms with E-state index in [1.165, 1.54) is 33.3 Å². The van der Waals surface area contributed by atoms with Gasteiger partial charge in [-0.25, -0.2) is 4.98 Å². The molecule has 7 rings (SSSR count). The number of amides is 4. The number of carbonyl (C=O) groups excluding carboxylic acids is 4. The summed E-state index contributed by atoms with van der Waals surface area (Å²) in [6.07, 6.45) is 4.66. The van der Waals surface area contributed by atoms with Crippen molar-refractivity contribution in [2.24, 2.45) is 11.8 Å². The first-order valence-electron chi connectivity index (χ1n) is 14.8. The largest absolute Gasteiger partial charge is 0.298 e. The number of fused-ring (bicyclic) bond motifs is 2. The molecule has 1 N–H and O–H groups in total. The Bertz CT molecular complexity index is 2070. The maximum absolute atomic E-state index is 13.4. The van der Waals surface area contributed by atoms with E-state index in [0.717, 1.165) is 47.7 Å². The van der Waals surface area contributed by atoms with Crippen LogP contribution in [-0.4, -0.2) is 38.6 Å². The van der Waals surface area contributed by atoms with Crippen molar-refractivity contribution < 1.29 is 24.1 Å². The second kappa shape index (κ2) is 12.1. The van der Waals surface area contributed by atoms with E-state index in [0.29, 0.717) is 26.1 Å². The summed E-state index contributed by atoms with van der Waals surface area (Å²) in [7, 11) is 0. The quantitative estimate of drug-likeness (QED) is 0.0630. The van der Waals surface area contributed by atoms with Crippen molar-refractivity contribution in [2.75, 3.05) is 9.80 Å². The third-order valence-corrected chi connectivity index (χ3v) is 10.9. The van der Waals surface area contributed by atoms with Crippen LogP contribution in [0.3, 0.4) is 0 Å². The molecule has 4 aromatic rings. The molecule has 14 heteroatoms. The first kappa shape index (κ1) is 30.8. The number of benzene rings is 3. The molecule has 11 nitrogen and oxygen atoms in total. The van der Waals surface area contributed by atoms with Crippen molar-refractivity contribution in [3.05, 3.63) is 87.5 Å². The second-order valence-electron chi connectivity index (χ2n) is 11.5. The molecule has 0 bridgehead atoms. The lowest BCUT2D eigenvalue weighted by atomic mass is 9.81. The SMILES string of the molecule is Cc1cccc(N2C(=O)/C(=C/c3ccc(Sc4nc5ccc(N6C(=O)[C@H]7CCCC[C@@H]7C6=O)cc5s4)c([N+](=O)[O-])c3)C(=O)NC2=S)c1. The van der Waals surface area contributed by atoms with Crippen LogP contribution in [-0.2, 0) is 19.2 Å². The minimum absolute atomic E-state index is 0.0555. The number of thiazole rings is 1. The molecule has 2 atom stereocenters. The average Bonchev–Trinajstić information content (AvgIpc) is 3.56. The summed E-state index contributed by atoms with van der Waals surface area (Å²) >= 11 is 7.67. The highest BCUT2D eigenvalue weighted by Gasteiger charge is 2.48. The van der Waals surface area contributed by atoms with Crippen LogP contribution < -0.4 is 15.1 Å². The van der Waals surface area contributed by atoms with Crippen molar-refractivity contribution in [2.45, 2.75) is 41.8 Å². The Morgan fingerprint density at radius 1 is 0.979 bits per heavy atom. The summed E-state index contributed by atoms with van der Waals surface area (Å²) in [6.45, 7) is 1.87. The number of anilines is 2. The zero-order chi connectivity index (χ0) is 33.0. The second-order valence-corrected chi connectivity index (χ2v) is 14.2. The number of nitro benzene ring substituents is 1. The Morgan fingerprint density at radius 3 is 2.40 bits per heavy atom. The number of hydrogen-bond acceptors (Lipinski definition) is 10. The lowest BCUT2D eigenvalue weighted by Crippen LogP contribution is -2.54. The third kappa shape index (κ3) is 5.62. The Kier molecular flexibility index (Phi) is 7.94. The molecule has 236 valence electrons. The molecule has 3 fully saturated rings. The number of hydrogen-bond donors (Lipinski definition) is 1. The van der Waals surface area contributed by atoms with Crippen molar-refractivity contribution in [1.82, 2.24) is 10.3 Å². The van der Waals surface area contributed by atoms with E-state index in [9.17, 15) is 29.3 Å². The zero-order valence-corrected chi connectivity index (χ0v) is 27.2. The molecule has 0 spiro atoms. The number of rotatable bonds is 6. The van der Waals surface area contributed by atoms with Crippen LogP contribution in [0.15, 0.2) is 75.5 Å². The van der Waals surface area contributed by atoms with E-state index in [-0.39, 0.29) is 45.6 Å². The fourth-order valence-corrected chi connectivity index (χ4v) is 8.69. The summed E-state index contributed by atoms with van der Waals surface area (Å²) in [5, 5.41) is 14.6. The van der Waals surface area contributed by atoms with E-state index in [4.69, 9.17) is 12.2 Å². The Hall–Kier alpha value is -4.79. The smallest absolute Gasteiger partial charge is 0.283 e. The first-order chi connectivity index (χ1) is 22.6. The van der Waals surface area contributed by atoms with Crippen molar-refractivity contribution in [1.29, 1.82) is 0 Å². The fourth-order valence-electron chi connectivity index (χ4n) is 6.26. The molecule has 2 aliphatic heterocycles. The van der Waals surface area contributed by atoms with Gasteiger partial charge in [0.25, 0.3) is 17.5 Å². The van der Waals surface area contributed by atoms with Crippen molar-refractivity contribution in [3.8, 4) is 0 Å². The molecule has 0 unspecified atom stereocenters. The van der Waals surface area contributed by atoms with Gasteiger partial charge in [0.1, 0.15) is 5.57 Å². The van der Waals surface area contributed by atoms with Gasteiger partial charge in [0.2, 0.25) is 11.8 Å². The first-order valence-corrected chi connectivity index (χ1v) is 16.9. The number of nitrogens with one attached hydrogen (secondary N) is 1. The number of aromatic nitrogens is 1. The van der Waals surface area contributed by atoms with Crippen LogP contribution in [0.5, 0.6) is 0 Å². The Labute approximate surface area is 281 Å². The summed E-state index contributed by atoms with van der Waals surface area (Å²) in [5.41, 5.74) is 2.37. The van der Waals surface area contributed by atoms with Gasteiger partial charge in [-0.05, 0) is 85.6 Å². The Balaban J connectivity index is 1.15. The van der Waals surface area contributed by atoms with Gasteiger partial charge in [0.15, 0.2) is 9.45 Å². The van der Waals surface area contributed by atoms with Crippen molar-refractivity contribution in [3.63, 3.8) is 0 Å². The molecule has 0 radical (unpaired) electrons. The van der Waals surface area contributed by atoms with Gasteiger partial charge in [-0.15, -0.1) is 11.3 Å². The van der Waals surface area contributed by atoms with Crippen LogP contribution in [0.4, 0.5) is 17.1 Å². The predicted octanol–water partition coefficient (Wildman–Crippen LogP) is 6.18. The zero-order valence-electron chi connectivity index (χ0n) is 24.8. The molecule has 4 amide bonds. The van der Waals surface area contributed by atoms with Gasteiger partial charge in [-0.2, -0.15) is 0 Å². The average molecular weight is 684 g/mol. The standard InChI is InChI=1S/C33H25N5O6S3/c1-17-5-4-6-19(13-17)37-31(42)23(28(39)35-32(37)45)14-18-9-12-26(25(15-18)38(43)44)46-33-34-24-11-10-20(16-27(24)47-33)36-29(40)21-7-2-3-8-22(21)30(36)41/h4-6,9-16,21-22H,2-3,7-8H2,1H3,(H,35,39,45)/b23-14+/t21-,22-/m0/s1. The summed E-state index contributed by atoms with van der Waals surface area (Å²) < 4.78 is 1.27. The maximum atomic E-state index is 13.4. The summed E-state index contributed by atoms with van der Waals surface area (Å²) in [6, 6.07) is 16.8. The molecule has 47 heavy (non-hydrogen) atoms. The number of thiocarbonyl (C=S) groups is 1. The van der Waals surface area contributed by atoms with E-state index in [1.54, 1.807) is 48.5 Å². The molecular weight excluding hydrogens is 659 g/mol. The Morgan fingerprint density at radius 2 is 1.70 bits per heavy atom. The molecule has 3 aliphatic rings. The van der Waals surface area contributed by atoms with E-state index < -0.39 is 16.7 Å². The number of imide groups is 1. The van der Waals surface area contributed by atoms with E-state index >= 15 is 0 Å². The number of nitrogens with zero attached hydrogens (tertiary/aromatic N) is 4. The lowest BCUT2D eigenvalue weighted by molar-refractivity contribution is -0.387. The van der Waals surface area contributed by atoms with Gasteiger partial charge in [-0.3, -0.25) is 44.4 Å². The van der Waals surface area contributed by atoms with E-state index in [1.807, 2.05) is 13.0 Å². The number of carbonyl (C=O) groups is 4. The van der Waals surface area contributed by atoms with Gasteiger partial charge >= 0.3 is 0 Å². The molecule has 1 aliphatic carbocycles. The molecule has 3 heterocycles. The molecule has 3 aromatic carbocycles. The number of nitro groups is 1. The van der Waals surface area contributed by atoms with Gasteiger partial charge in [0, 0.05) is 6.07 Å². The van der Waals surface area contributed by atoms with Gasteiger partial charge in [-0.1, -0.05) is 42.8 Å². The fraction of sp³-hybridized carbons (Fsp3) is 0.212. The minimum atomic E-state index is -0.699. The molecule has 2 saturated heterocycles. The molecular formula is C33H25N5O6S3. The van der Waals surface area contributed by atoms with Crippen molar-refractivity contribution >= 4 is 97.4 Å². The number of aryl methyl sites for hydroxylation is 1. The van der Waals surface area contributed by atoms with Crippen LogP contribution in [0, 0.1) is 28.9 Å². The van der Waals surface area contributed by atoms with Crippen LogP contribution >= 0.6 is 35.3 Å². The summed E-state index contributed by atoms with van der Waals surface area (Å²) in [5.74, 6) is -2.16. The van der Waals surface area contributed by atoms with Crippen LogP contribution in [0.25, 0.3) is 16.3 Å². The minimum Gasteiger partial charge on any atom is -0.298 e. The normalized spacial score (nSPS) is 20.7. The summed E-state index contributed by atoms with van der Waals surface area (Å²) in [4.78, 5) is 71.5. The molecule has 1 saturated carbocycles. The maximum Gasteiger partial charge on any atom is 0.283 e. The van der Waals surface area contributed by atoms with E-state index in [2.05, 4.69) is 10.3 Å². The highest BCUT2D eigenvalue weighted by Crippen LogP contribution is 2.43. The third-order valence-electron chi connectivity index (χ3n) is 8.50. The van der Waals surface area contributed by atoms with Gasteiger partial charge in [0.05, 0.1) is 43.2 Å². The topological polar surface area (TPSA) is 143 Å².